The van der Waals surface area contributed by atoms with Crippen molar-refractivity contribution in [2.75, 3.05) is 11.4 Å². The van der Waals surface area contributed by atoms with Gasteiger partial charge in [-0.05, 0) is 42.5 Å². The Morgan fingerprint density at radius 1 is 1.10 bits per heavy atom. The van der Waals surface area contributed by atoms with Gasteiger partial charge in [-0.25, -0.2) is 0 Å². The second-order valence-corrected chi connectivity index (χ2v) is 7.82. The number of ether oxygens (including phenoxy) is 1. The van der Waals surface area contributed by atoms with Gasteiger partial charge in [-0.3, -0.25) is 14.5 Å². The van der Waals surface area contributed by atoms with Crippen molar-refractivity contribution in [2.24, 2.45) is 5.92 Å². The van der Waals surface area contributed by atoms with Crippen LogP contribution < -0.4 is 15.0 Å². The van der Waals surface area contributed by atoms with E-state index in [1.54, 1.807) is 6.08 Å². The average Bonchev–Trinajstić information content (AvgIpc) is 2.73. The Morgan fingerprint density at radius 2 is 1.83 bits per heavy atom. The van der Waals surface area contributed by atoms with Gasteiger partial charge in [-0.15, -0.1) is 0 Å². The Balaban J connectivity index is 1.56. The topological polar surface area (TPSA) is 58.6 Å². The number of rotatable bonds is 4. The molecule has 1 heterocycles. The molecule has 1 aliphatic carbocycles. The molecule has 150 valence electrons. The first kappa shape index (κ1) is 19.2. The quantitative estimate of drug-likeness (QED) is 0.798. The predicted octanol–water partition coefficient (Wildman–Crippen LogP) is 4.15. The molecule has 1 N–H and O–H groups in total. The zero-order valence-electron chi connectivity index (χ0n) is 16.6. The normalized spacial score (nSPS) is 22.7. The minimum atomic E-state index is -0.306. The van der Waals surface area contributed by atoms with E-state index in [-0.39, 0.29) is 30.2 Å². The smallest absolute Gasteiger partial charge is 0.294 e. The van der Waals surface area contributed by atoms with Gasteiger partial charge in [0.15, 0.2) is 11.5 Å². The summed E-state index contributed by atoms with van der Waals surface area (Å²) in [5, 5.41) is 3.14. The summed E-state index contributed by atoms with van der Waals surface area (Å²) in [5.41, 5.74) is 1.49. The number of fused-ring (bicyclic) bond motifs is 1. The molecule has 2 aliphatic rings. The predicted molar refractivity (Wildman–Crippen MR) is 113 cm³/mol. The van der Waals surface area contributed by atoms with E-state index in [0.29, 0.717) is 17.4 Å². The molecule has 0 radical (unpaired) electrons. The zero-order chi connectivity index (χ0) is 20.2. The van der Waals surface area contributed by atoms with Crippen molar-refractivity contribution in [2.45, 2.75) is 38.6 Å². The van der Waals surface area contributed by atoms with E-state index in [1.165, 1.54) is 11.3 Å². The van der Waals surface area contributed by atoms with Crippen molar-refractivity contribution < 1.29 is 14.3 Å². The van der Waals surface area contributed by atoms with E-state index in [1.807, 2.05) is 54.6 Å². The molecule has 2 amide bonds. The summed E-state index contributed by atoms with van der Waals surface area (Å²) in [5.74, 6) is 0.822. The summed E-state index contributed by atoms with van der Waals surface area (Å²) >= 11 is 0. The summed E-state index contributed by atoms with van der Waals surface area (Å²) in [6, 6.07) is 17.1. The first-order valence-corrected chi connectivity index (χ1v) is 10.3. The number of hydrogen-bond acceptors (Lipinski definition) is 3. The SMILES string of the molecule is CC1CCCCC1NC(=O)CN1C(=O)/C(=C\c2ccccc2)Oc2ccccc21. The van der Waals surface area contributed by atoms with Gasteiger partial charge in [0.25, 0.3) is 5.91 Å². The molecular formula is C24H26N2O3. The molecule has 2 atom stereocenters. The molecule has 29 heavy (non-hydrogen) atoms. The van der Waals surface area contributed by atoms with Crippen LogP contribution in [0.4, 0.5) is 5.69 Å². The standard InChI is InChI=1S/C24H26N2O3/c1-17-9-5-6-12-19(17)25-23(27)16-26-20-13-7-8-14-21(20)29-22(24(26)28)15-18-10-3-2-4-11-18/h2-4,7-8,10-11,13-15,17,19H,5-6,9,12,16H2,1H3,(H,25,27)/b22-15+. The Morgan fingerprint density at radius 3 is 2.62 bits per heavy atom. The summed E-state index contributed by atoms with van der Waals surface area (Å²) in [6.07, 6.45) is 6.20. The van der Waals surface area contributed by atoms with Gasteiger partial charge >= 0.3 is 0 Å². The van der Waals surface area contributed by atoms with Gasteiger partial charge in [0, 0.05) is 6.04 Å². The Kier molecular flexibility index (Phi) is 5.65. The molecule has 1 fully saturated rings. The van der Waals surface area contributed by atoms with Crippen LogP contribution in [0.5, 0.6) is 5.75 Å². The highest BCUT2D eigenvalue weighted by Gasteiger charge is 2.32. The summed E-state index contributed by atoms with van der Waals surface area (Å²) in [6.45, 7) is 2.16. The van der Waals surface area contributed by atoms with E-state index in [2.05, 4.69) is 12.2 Å². The molecule has 0 spiro atoms. The molecule has 4 rings (SSSR count). The number of hydrogen-bond donors (Lipinski definition) is 1. The van der Waals surface area contributed by atoms with Crippen LogP contribution in [0.25, 0.3) is 6.08 Å². The van der Waals surface area contributed by atoms with Crippen molar-refractivity contribution in [3.05, 3.63) is 65.9 Å². The summed E-state index contributed by atoms with van der Waals surface area (Å²) in [7, 11) is 0. The number of nitrogens with one attached hydrogen (secondary N) is 1. The Labute approximate surface area is 171 Å². The molecule has 2 unspecified atom stereocenters. The van der Waals surface area contributed by atoms with Crippen LogP contribution in [0.15, 0.2) is 60.4 Å². The summed E-state index contributed by atoms with van der Waals surface area (Å²) in [4.78, 5) is 27.4. The molecular weight excluding hydrogens is 364 g/mol. The fourth-order valence-corrected chi connectivity index (χ4v) is 4.05. The fraction of sp³-hybridized carbons (Fsp3) is 0.333. The largest absolute Gasteiger partial charge is 0.449 e. The van der Waals surface area contributed by atoms with Gasteiger partial charge in [0.2, 0.25) is 5.91 Å². The van der Waals surface area contributed by atoms with Crippen molar-refractivity contribution in [3.8, 4) is 5.75 Å². The third-order valence-electron chi connectivity index (χ3n) is 5.69. The third-order valence-corrected chi connectivity index (χ3v) is 5.69. The molecule has 1 saturated carbocycles. The fourth-order valence-electron chi connectivity index (χ4n) is 4.05. The first-order chi connectivity index (χ1) is 14.1. The van der Waals surface area contributed by atoms with Crippen LogP contribution in [0.3, 0.4) is 0 Å². The minimum absolute atomic E-state index is 0.0193. The molecule has 5 heteroatoms. The second-order valence-electron chi connectivity index (χ2n) is 7.82. The van der Waals surface area contributed by atoms with Crippen molar-refractivity contribution in [1.29, 1.82) is 0 Å². The van der Waals surface area contributed by atoms with Gasteiger partial charge in [-0.1, -0.05) is 62.2 Å². The molecule has 5 nitrogen and oxygen atoms in total. The van der Waals surface area contributed by atoms with E-state index in [9.17, 15) is 9.59 Å². The van der Waals surface area contributed by atoms with Crippen LogP contribution in [0, 0.1) is 5.92 Å². The van der Waals surface area contributed by atoms with Gasteiger partial charge in [-0.2, -0.15) is 0 Å². The Bertz CT molecular complexity index is 923. The lowest BCUT2D eigenvalue weighted by Crippen LogP contribution is -2.48. The lowest BCUT2D eigenvalue weighted by atomic mass is 9.86. The lowest BCUT2D eigenvalue weighted by molar-refractivity contribution is -0.124. The van der Waals surface area contributed by atoms with Crippen LogP contribution in [0.2, 0.25) is 0 Å². The molecule has 0 saturated heterocycles. The highest BCUT2D eigenvalue weighted by Crippen LogP contribution is 2.35. The van der Waals surface area contributed by atoms with Crippen LogP contribution >= 0.6 is 0 Å². The molecule has 0 bridgehead atoms. The van der Waals surface area contributed by atoms with Gasteiger partial charge in [0.05, 0.1) is 5.69 Å². The first-order valence-electron chi connectivity index (χ1n) is 10.3. The second kappa shape index (κ2) is 8.52. The number of nitrogens with zero attached hydrogens (tertiary/aromatic N) is 1. The van der Waals surface area contributed by atoms with Gasteiger partial charge in [0.1, 0.15) is 6.54 Å². The van der Waals surface area contributed by atoms with Crippen LogP contribution in [0.1, 0.15) is 38.2 Å². The minimum Gasteiger partial charge on any atom is -0.449 e. The average molecular weight is 390 g/mol. The van der Waals surface area contributed by atoms with Crippen LogP contribution in [-0.2, 0) is 9.59 Å². The lowest BCUT2D eigenvalue weighted by Gasteiger charge is -2.32. The highest BCUT2D eigenvalue weighted by atomic mass is 16.5. The zero-order valence-corrected chi connectivity index (χ0v) is 16.6. The highest BCUT2D eigenvalue weighted by molar-refractivity contribution is 6.12. The number of para-hydroxylation sites is 2. The Hall–Kier alpha value is -3.08. The molecule has 2 aromatic carbocycles. The maximum Gasteiger partial charge on any atom is 0.294 e. The van der Waals surface area contributed by atoms with Crippen molar-refractivity contribution >= 4 is 23.6 Å². The van der Waals surface area contributed by atoms with Crippen molar-refractivity contribution in [3.63, 3.8) is 0 Å². The number of anilines is 1. The van der Waals surface area contributed by atoms with E-state index in [0.717, 1.165) is 24.8 Å². The molecule has 0 aromatic heterocycles. The molecule has 2 aromatic rings. The molecule has 1 aliphatic heterocycles. The summed E-state index contributed by atoms with van der Waals surface area (Å²) < 4.78 is 5.87. The van der Waals surface area contributed by atoms with E-state index < -0.39 is 0 Å². The number of benzene rings is 2. The van der Waals surface area contributed by atoms with E-state index in [4.69, 9.17) is 4.74 Å². The maximum atomic E-state index is 13.1. The number of amides is 2. The van der Waals surface area contributed by atoms with Crippen molar-refractivity contribution in [1.82, 2.24) is 5.32 Å². The number of carbonyl (C=O) groups excluding carboxylic acids is 2. The van der Waals surface area contributed by atoms with Gasteiger partial charge < -0.3 is 10.1 Å². The van der Waals surface area contributed by atoms with Crippen LogP contribution in [-0.4, -0.2) is 24.4 Å². The maximum absolute atomic E-state index is 13.1. The van der Waals surface area contributed by atoms with E-state index >= 15 is 0 Å². The monoisotopic (exact) mass is 390 g/mol. The number of carbonyl (C=O) groups is 2. The third kappa shape index (κ3) is 4.34.